The van der Waals surface area contributed by atoms with Gasteiger partial charge in [0, 0.05) is 6.07 Å². The maximum absolute atomic E-state index is 7.17. The molecule has 10 heavy (non-hydrogen) atoms. The number of hydrogen-bond donors (Lipinski definition) is 1. The van der Waals surface area contributed by atoms with Crippen molar-refractivity contribution in [1.82, 2.24) is 9.61 Å². The van der Waals surface area contributed by atoms with Crippen molar-refractivity contribution in [2.24, 2.45) is 0 Å². The number of nitrogens with one attached hydrogen (secondary N) is 1. The molecule has 4 heteroatoms. The van der Waals surface area contributed by atoms with E-state index in [0.29, 0.717) is 11.1 Å². The molecule has 0 radical (unpaired) electrons. The number of rotatable bonds is 0. The highest BCUT2D eigenvalue weighted by molar-refractivity contribution is 5.31. The Morgan fingerprint density at radius 3 is 3.20 bits per heavy atom. The summed E-state index contributed by atoms with van der Waals surface area (Å²) in [5.74, 6) is 0. The first kappa shape index (κ1) is 5.22. The lowest BCUT2D eigenvalue weighted by atomic mass is 10.7. The summed E-state index contributed by atoms with van der Waals surface area (Å²) in [5, 5.41) is 11.5. The average Bonchev–Trinajstić information content (AvgIpc) is 2.41. The molecule has 0 saturated heterocycles. The van der Waals surface area contributed by atoms with Gasteiger partial charge in [0.1, 0.15) is 5.35 Å². The van der Waals surface area contributed by atoms with Crippen molar-refractivity contribution in [3.8, 4) is 0 Å². The zero-order chi connectivity index (χ0) is 7.14. The molecule has 0 aromatic carbocycles. The number of nitrogens with zero attached hydrogens (tertiary/aromatic N) is 2. The Bertz CT molecular complexity index is 453. The molecule has 50 valence electrons. The van der Waals surface area contributed by atoms with E-state index in [2.05, 4.69) is 11.7 Å². The second-order valence-electron chi connectivity index (χ2n) is 1.96. The Morgan fingerprint density at radius 1 is 1.70 bits per heavy atom. The van der Waals surface area contributed by atoms with E-state index in [9.17, 15) is 0 Å². The zero-order valence-electron chi connectivity index (χ0n) is 5.16. The summed E-state index contributed by atoms with van der Waals surface area (Å²) in [4.78, 5) is 0. The molecule has 0 amide bonds. The van der Waals surface area contributed by atoms with Crippen molar-refractivity contribution in [3.63, 3.8) is 0 Å². The SMILES string of the molecule is C=c1c(=N)oc2ccnn12. The number of hydrogen-bond acceptors (Lipinski definition) is 3. The lowest BCUT2D eigenvalue weighted by Gasteiger charge is -1.72. The van der Waals surface area contributed by atoms with E-state index in [-0.39, 0.29) is 5.55 Å². The molecule has 0 aliphatic heterocycles. The predicted molar refractivity (Wildman–Crippen MR) is 34.1 cm³/mol. The van der Waals surface area contributed by atoms with Crippen LogP contribution in [0.2, 0.25) is 0 Å². The molecule has 4 nitrogen and oxygen atoms in total. The van der Waals surface area contributed by atoms with E-state index in [1.54, 1.807) is 12.3 Å². The minimum atomic E-state index is 0.0723. The van der Waals surface area contributed by atoms with Gasteiger partial charge in [-0.05, 0) is 0 Å². The van der Waals surface area contributed by atoms with Gasteiger partial charge in [-0.2, -0.15) is 9.61 Å². The molecule has 2 aromatic rings. The maximum Gasteiger partial charge on any atom is 0.239 e. The van der Waals surface area contributed by atoms with Crippen LogP contribution >= 0.6 is 0 Å². The third-order valence-corrected chi connectivity index (χ3v) is 1.33. The Kier molecular flexibility index (Phi) is 0.768. The standard InChI is InChI=1S/C6H5N3O/c1-4-6(7)10-5-2-3-8-9(4)5/h2-3,7H,1H2. The topological polar surface area (TPSA) is 54.3 Å². The second kappa shape index (κ2) is 1.47. The van der Waals surface area contributed by atoms with Gasteiger partial charge in [-0.25, -0.2) is 0 Å². The fourth-order valence-corrected chi connectivity index (χ4v) is 0.831. The minimum Gasteiger partial charge on any atom is -0.419 e. The van der Waals surface area contributed by atoms with Crippen molar-refractivity contribution in [3.05, 3.63) is 23.2 Å². The first-order chi connectivity index (χ1) is 4.79. The summed E-state index contributed by atoms with van der Waals surface area (Å²) >= 11 is 0. The van der Waals surface area contributed by atoms with Crippen LogP contribution in [0, 0.1) is 5.41 Å². The molecule has 1 N–H and O–H groups in total. The lowest BCUT2D eigenvalue weighted by Crippen LogP contribution is -2.22. The van der Waals surface area contributed by atoms with Gasteiger partial charge in [-0.15, -0.1) is 0 Å². The molecule has 0 aliphatic carbocycles. The molecule has 0 atom stereocenters. The van der Waals surface area contributed by atoms with Gasteiger partial charge in [0.15, 0.2) is 0 Å². The first-order valence-corrected chi connectivity index (χ1v) is 2.79. The van der Waals surface area contributed by atoms with E-state index >= 15 is 0 Å². The van der Waals surface area contributed by atoms with E-state index in [1.165, 1.54) is 4.52 Å². The number of aromatic nitrogens is 2. The van der Waals surface area contributed by atoms with E-state index < -0.39 is 0 Å². The van der Waals surface area contributed by atoms with Crippen molar-refractivity contribution >= 4 is 12.3 Å². The molecule has 0 fully saturated rings. The van der Waals surface area contributed by atoms with Gasteiger partial charge in [0.05, 0.1) is 6.20 Å². The van der Waals surface area contributed by atoms with Gasteiger partial charge in [0.25, 0.3) is 0 Å². The van der Waals surface area contributed by atoms with E-state index in [0.717, 1.165) is 0 Å². The molecule has 2 rings (SSSR count). The number of fused-ring (bicyclic) bond motifs is 1. The third-order valence-electron chi connectivity index (χ3n) is 1.33. The highest BCUT2D eigenvalue weighted by Gasteiger charge is 1.98. The van der Waals surface area contributed by atoms with Gasteiger partial charge in [-0.3, -0.25) is 5.41 Å². The van der Waals surface area contributed by atoms with Gasteiger partial charge >= 0.3 is 0 Å². The Morgan fingerprint density at radius 2 is 2.50 bits per heavy atom. The summed E-state index contributed by atoms with van der Waals surface area (Å²) in [5.41, 5.74) is 0.637. The van der Waals surface area contributed by atoms with Gasteiger partial charge in [-0.1, -0.05) is 6.58 Å². The Hall–Kier alpha value is -1.58. The largest absolute Gasteiger partial charge is 0.419 e. The van der Waals surface area contributed by atoms with Crippen LogP contribution in [0.15, 0.2) is 16.7 Å². The maximum atomic E-state index is 7.17. The van der Waals surface area contributed by atoms with E-state index in [4.69, 9.17) is 9.83 Å². The first-order valence-electron chi connectivity index (χ1n) is 2.79. The Balaban J connectivity index is 3.24. The smallest absolute Gasteiger partial charge is 0.239 e. The fourth-order valence-electron chi connectivity index (χ4n) is 0.831. The van der Waals surface area contributed by atoms with Crippen LogP contribution in [-0.4, -0.2) is 9.61 Å². The van der Waals surface area contributed by atoms with Crippen LogP contribution in [0.4, 0.5) is 0 Å². The third kappa shape index (κ3) is 0.452. The summed E-state index contributed by atoms with van der Waals surface area (Å²) in [6, 6.07) is 1.69. The molecule has 0 saturated carbocycles. The fraction of sp³-hybridized carbons (Fsp3) is 0. The van der Waals surface area contributed by atoms with Gasteiger partial charge < -0.3 is 4.42 Å². The molecule has 0 bridgehead atoms. The molecular weight excluding hydrogens is 130 g/mol. The average molecular weight is 135 g/mol. The molecule has 2 aromatic heterocycles. The van der Waals surface area contributed by atoms with Crippen LogP contribution in [-0.2, 0) is 0 Å². The summed E-state index contributed by atoms with van der Waals surface area (Å²) in [6.07, 6.45) is 1.60. The van der Waals surface area contributed by atoms with Crippen LogP contribution in [0.25, 0.3) is 12.3 Å². The number of oxazole rings is 1. The predicted octanol–water partition coefficient (Wildman–Crippen LogP) is -0.464. The minimum absolute atomic E-state index is 0.0723. The molecule has 0 spiro atoms. The van der Waals surface area contributed by atoms with E-state index in [1.807, 2.05) is 0 Å². The quantitative estimate of drug-likeness (QED) is 0.531. The summed E-state index contributed by atoms with van der Waals surface area (Å²) in [6.45, 7) is 3.60. The summed E-state index contributed by atoms with van der Waals surface area (Å²) < 4.78 is 6.43. The van der Waals surface area contributed by atoms with Gasteiger partial charge in [0.2, 0.25) is 11.3 Å². The lowest BCUT2D eigenvalue weighted by molar-refractivity contribution is 0.539. The molecular formula is C6H5N3O. The normalized spacial score (nSPS) is 10.8. The van der Waals surface area contributed by atoms with Crippen molar-refractivity contribution in [2.75, 3.05) is 0 Å². The highest BCUT2D eigenvalue weighted by Crippen LogP contribution is 1.91. The van der Waals surface area contributed by atoms with Crippen LogP contribution in [0.3, 0.4) is 0 Å². The highest BCUT2D eigenvalue weighted by atomic mass is 16.3. The Labute approximate surface area is 55.9 Å². The van der Waals surface area contributed by atoms with Crippen molar-refractivity contribution < 1.29 is 4.42 Å². The van der Waals surface area contributed by atoms with Crippen molar-refractivity contribution in [2.45, 2.75) is 0 Å². The molecule has 2 heterocycles. The second-order valence-corrected chi connectivity index (χ2v) is 1.96. The monoisotopic (exact) mass is 135 g/mol. The van der Waals surface area contributed by atoms with Crippen molar-refractivity contribution in [1.29, 1.82) is 5.41 Å². The van der Waals surface area contributed by atoms with Crippen LogP contribution in [0.1, 0.15) is 0 Å². The molecule has 0 unspecified atom stereocenters. The van der Waals surface area contributed by atoms with Crippen LogP contribution < -0.4 is 10.9 Å². The molecule has 0 aliphatic rings. The summed E-state index contributed by atoms with van der Waals surface area (Å²) in [7, 11) is 0. The zero-order valence-corrected chi connectivity index (χ0v) is 5.16. The van der Waals surface area contributed by atoms with Crippen LogP contribution in [0.5, 0.6) is 0 Å².